The molecule has 3 aliphatic rings. The van der Waals surface area contributed by atoms with Crippen LogP contribution in [-0.2, 0) is 14.9 Å². The largest absolute Gasteiger partial charge is 0.497 e. The molecule has 0 bridgehead atoms. The van der Waals surface area contributed by atoms with E-state index in [0.717, 1.165) is 24.2 Å². The SMILES string of the molecule is COc1ccc(C2(C(=O)N3C[C@H]4COC[C@@]4(CO)C3)CC2)cc1. The van der Waals surface area contributed by atoms with E-state index in [1.807, 2.05) is 29.2 Å². The molecule has 4 rings (SSSR count). The van der Waals surface area contributed by atoms with E-state index in [-0.39, 0.29) is 29.3 Å². The van der Waals surface area contributed by atoms with E-state index >= 15 is 0 Å². The number of fused-ring (bicyclic) bond motifs is 1. The van der Waals surface area contributed by atoms with Gasteiger partial charge in [0, 0.05) is 24.4 Å². The molecule has 124 valence electrons. The number of amides is 1. The normalized spacial score (nSPS) is 31.0. The molecule has 3 fully saturated rings. The Kier molecular flexibility index (Phi) is 3.39. The van der Waals surface area contributed by atoms with Gasteiger partial charge in [0.25, 0.3) is 0 Å². The predicted molar refractivity (Wildman–Crippen MR) is 84.3 cm³/mol. The van der Waals surface area contributed by atoms with Crippen LogP contribution < -0.4 is 4.74 Å². The second-order valence-electron chi connectivity index (χ2n) is 7.23. The van der Waals surface area contributed by atoms with Gasteiger partial charge < -0.3 is 19.5 Å². The van der Waals surface area contributed by atoms with Crippen LogP contribution in [0.2, 0.25) is 0 Å². The molecule has 1 saturated carbocycles. The molecule has 5 nitrogen and oxygen atoms in total. The number of methoxy groups -OCH3 is 1. The average molecular weight is 317 g/mol. The molecule has 2 heterocycles. The number of aliphatic hydroxyl groups excluding tert-OH is 1. The molecule has 2 saturated heterocycles. The number of ether oxygens (including phenoxy) is 2. The van der Waals surface area contributed by atoms with Gasteiger partial charge in [0.15, 0.2) is 0 Å². The molecule has 1 aromatic rings. The topological polar surface area (TPSA) is 59.0 Å². The van der Waals surface area contributed by atoms with Crippen LogP contribution in [0.15, 0.2) is 24.3 Å². The zero-order chi connectivity index (χ0) is 16.1. The number of rotatable bonds is 4. The van der Waals surface area contributed by atoms with Crippen LogP contribution in [0.1, 0.15) is 18.4 Å². The zero-order valence-corrected chi connectivity index (χ0v) is 13.5. The molecule has 0 unspecified atom stereocenters. The van der Waals surface area contributed by atoms with Crippen LogP contribution >= 0.6 is 0 Å². The van der Waals surface area contributed by atoms with Crippen molar-refractivity contribution in [1.82, 2.24) is 4.90 Å². The molecule has 0 spiro atoms. The van der Waals surface area contributed by atoms with Crippen LogP contribution in [-0.4, -0.2) is 55.9 Å². The lowest BCUT2D eigenvalue weighted by Gasteiger charge is -2.27. The molecule has 0 radical (unpaired) electrons. The molecule has 2 aliphatic heterocycles. The Balaban J connectivity index is 1.55. The summed E-state index contributed by atoms with van der Waals surface area (Å²) in [5, 5.41) is 9.79. The number of carbonyl (C=O) groups excluding carboxylic acids is 1. The molecule has 2 atom stereocenters. The van der Waals surface area contributed by atoms with Crippen LogP contribution in [0.4, 0.5) is 0 Å². The molecule has 23 heavy (non-hydrogen) atoms. The van der Waals surface area contributed by atoms with Gasteiger partial charge in [-0.05, 0) is 30.5 Å². The quantitative estimate of drug-likeness (QED) is 0.906. The number of aliphatic hydroxyl groups is 1. The Bertz CT molecular complexity index is 610. The minimum absolute atomic E-state index is 0.0942. The van der Waals surface area contributed by atoms with Crippen LogP contribution in [0.25, 0.3) is 0 Å². The predicted octanol–water partition coefficient (Wildman–Crippen LogP) is 1.19. The molecule has 0 aromatic heterocycles. The van der Waals surface area contributed by atoms with Crippen LogP contribution in [0.5, 0.6) is 5.75 Å². The molecule has 5 heteroatoms. The Morgan fingerprint density at radius 2 is 2.13 bits per heavy atom. The van der Waals surface area contributed by atoms with Crippen molar-refractivity contribution in [2.45, 2.75) is 18.3 Å². The van der Waals surface area contributed by atoms with E-state index in [0.29, 0.717) is 26.3 Å². The monoisotopic (exact) mass is 317 g/mol. The summed E-state index contributed by atoms with van der Waals surface area (Å²) in [7, 11) is 1.65. The Labute approximate surface area is 136 Å². The van der Waals surface area contributed by atoms with Crippen molar-refractivity contribution in [1.29, 1.82) is 0 Å². The van der Waals surface area contributed by atoms with Gasteiger partial charge >= 0.3 is 0 Å². The van der Waals surface area contributed by atoms with Gasteiger partial charge in [-0.1, -0.05) is 12.1 Å². The fourth-order valence-corrected chi connectivity index (χ4v) is 4.17. The highest BCUT2D eigenvalue weighted by molar-refractivity contribution is 5.91. The molecule has 1 amide bonds. The van der Waals surface area contributed by atoms with Gasteiger partial charge in [-0.2, -0.15) is 0 Å². The summed E-state index contributed by atoms with van der Waals surface area (Å²) in [5.74, 6) is 1.29. The third-order valence-electron chi connectivity index (χ3n) is 5.93. The lowest BCUT2D eigenvalue weighted by atomic mass is 9.82. The highest BCUT2D eigenvalue weighted by Gasteiger charge is 2.58. The van der Waals surface area contributed by atoms with E-state index < -0.39 is 0 Å². The Hall–Kier alpha value is -1.59. The highest BCUT2D eigenvalue weighted by atomic mass is 16.5. The number of hydrogen-bond donors (Lipinski definition) is 1. The van der Waals surface area contributed by atoms with Gasteiger partial charge in [-0.25, -0.2) is 0 Å². The first-order chi connectivity index (χ1) is 11.1. The van der Waals surface area contributed by atoms with Gasteiger partial charge in [-0.3, -0.25) is 4.79 Å². The molecular formula is C18H23NO4. The first-order valence-electron chi connectivity index (χ1n) is 8.26. The summed E-state index contributed by atoms with van der Waals surface area (Å²) in [6.45, 7) is 2.63. The molecule has 1 N–H and O–H groups in total. The maximum absolute atomic E-state index is 13.1. The van der Waals surface area contributed by atoms with Crippen LogP contribution in [0.3, 0.4) is 0 Å². The van der Waals surface area contributed by atoms with Crippen molar-refractivity contribution >= 4 is 5.91 Å². The fraction of sp³-hybridized carbons (Fsp3) is 0.611. The summed E-state index contributed by atoms with van der Waals surface area (Å²) in [4.78, 5) is 15.1. The van der Waals surface area contributed by atoms with Crippen molar-refractivity contribution < 1.29 is 19.4 Å². The van der Waals surface area contributed by atoms with Crippen LogP contribution in [0, 0.1) is 11.3 Å². The number of likely N-dealkylation sites (tertiary alicyclic amines) is 1. The smallest absolute Gasteiger partial charge is 0.233 e. The maximum Gasteiger partial charge on any atom is 0.233 e. The van der Waals surface area contributed by atoms with Gasteiger partial charge in [0.1, 0.15) is 5.75 Å². The number of nitrogens with zero attached hydrogens (tertiary/aromatic N) is 1. The highest BCUT2D eigenvalue weighted by Crippen LogP contribution is 2.52. The second kappa shape index (κ2) is 5.21. The van der Waals surface area contributed by atoms with Crippen molar-refractivity contribution in [2.24, 2.45) is 11.3 Å². The van der Waals surface area contributed by atoms with E-state index in [1.165, 1.54) is 0 Å². The third-order valence-corrected chi connectivity index (χ3v) is 5.93. The first kappa shape index (κ1) is 15.0. The summed E-state index contributed by atoms with van der Waals surface area (Å²) in [6, 6.07) is 7.85. The van der Waals surface area contributed by atoms with Crippen molar-refractivity contribution in [3.63, 3.8) is 0 Å². The van der Waals surface area contributed by atoms with E-state index in [1.54, 1.807) is 7.11 Å². The lowest BCUT2D eigenvalue weighted by Crippen LogP contribution is -2.41. The lowest BCUT2D eigenvalue weighted by molar-refractivity contribution is -0.133. The maximum atomic E-state index is 13.1. The number of benzene rings is 1. The van der Waals surface area contributed by atoms with E-state index in [2.05, 4.69) is 0 Å². The average Bonchev–Trinajstić information content (AvgIpc) is 3.18. The first-order valence-corrected chi connectivity index (χ1v) is 8.26. The second-order valence-corrected chi connectivity index (χ2v) is 7.23. The minimum atomic E-state index is -0.359. The van der Waals surface area contributed by atoms with E-state index in [4.69, 9.17) is 9.47 Å². The number of hydrogen-bond acceptors (Lipinski definition) is 4. The third kappa shape index (κ3) is 2.17. The summed E-state index contributed by atoms with van der Waals surface area (Å²) in [5.41, 5.74) is 0.475. The Morgan fingerprint density at radius 3 is 2.70 bits per heavy atom. The van der Waals surface area contributed by atoms with Gasteiger partial charge in [0.05, 0.1) is 32.3 Å². The van der Waals surface area contributed by atoms with Crippen molar-refractivity contribution in [3.05, 3.63) is 29.8 Å². The summed E-state index contributed by atoms with van der Waals surface area (Å²) in [6.07, 6.45) is 1.81. The fourth-order valence-electron chi connectivity index (χ4n) is 4.17. The summed E-state index contributed by atoms with van der Waals surface area (Å²) >= 11 is 0. The van der Waals surface area contributed by atoms with Crippen molar-refractivity contribution in [2.75, 3.05) is 40.0 Å². The van der Waals surface area contributed by atoms with E-state index in [9.17, 15) is 9.90 Å². The summed E-state index contributed by atoms with van der Waals surface area (Å²) < 4.78 is 10.7. The van der Waals surface area contributed by atoms with Gasteiger partial charge in [-0.15, -0.1) is 0 Å². The molecule has 1 aliphatic carbocycles. The molecule has 1 aromatic carbocycles. The zero-order valence-electron chi connectivity index (χ0n) is 13.5. The van der Waals surface area contributed by atoms with Gasteiger partial charge in [0.2, 0.25) is 5.91 Å². The minimum Gasteiger partial charge on any atom is -0.497 e. The Morgan fingerprint density at radius 1 is 1.39 bits per heavy atom. The molecular weight excluding hydrogens is 294 g/mol. The van der Waals surface area contributed by atoms with Crippen molar-refractivity contribution in [3.8, 4) is 5.75 Å². The standard InChI is InChI=1S/C18H23NO4/c1-22-15-4-2-13(3-5-15)18(6-7-18)16(21)19-8-14-9-23-12-17(14,10-19)11-20/h2-5,14,20H,6-12H2,1H3/t14-,17-/m0/s1. The number of carbonyl (C=O) groups is 1.